The maximum atomic E-state index is 6.08. The van der Waals surface area contributed by atoms with Crippen molar-refractivity contribution < 1.29 is 0 Å². The SMILES string of the molecule is C=C(NCCC1=CNC2=CC=C(I)CC12)c1ccc(Cc2cccc(Cl)c2)cc1. The Kier molecular flexibility index (Phi) is 6.46. The summed E-state index contributed by atoms with van der Waals surface area (Å²) in [6.45, 7) is 5.11. The lowest BCUT2D eigenvalue weighted by molar-refractivity contribution is 0.673. The Morgan fingerprint density at radius 3 is 2.76 bits per heavy atom. The normalized spacial score (nSPS) is 17.6. The summed E-state index contributed by atoms with van der Waals surface area (Å²) in [7, 11) is 0. The molecule has 1 atom stereocenters. The van der Waals surface area contributed by atoms with E-state index in [1.807, 2.05) is 18.2 Å². The Balaban J connectivity index is 1.28. The zero-order valence-electron chi connectivity index (χ0n) is 16.2. The molecule has 0 saturated carbocycles. The fourth-order valence-electron chi connectivity index (χ4n) is 3.84. The molecular weight excluding hydrogens is 491 g/mol. The minimum atomic E-state index is 0.521. The first-order valence-electron chi connectivity index (χ1n) is 9.87. The van der Waals surface area contributed by atoms with E-state index in [9.17, 15) is 0 Å². The Bertz CT molecular complexity index is 1000. The lowest BCUT2D eigenvalue weighted by Gasteiger charge is -2.19. The number of benzene rings is 2. The molecule has 0 spiro atoms. The van der Waals surface area contributed by atoms with Gasteiger partial charge in [0.05, 0.1) is 0 Å². The number of halogens is 2. The van der Waals surface area contributed by atoms with Crippen LogP contribution in [-0.4, -0.2) is 6.54 Å². The van der Waals surface area contributed by atoms with Crippen LogP contribution < -0.4 is 10.6 Å². The highest BCUT2D eigenvalue weighted by Gasteiger charge is 2.26. The van der Waals surface area contributed by atoms with Crippen LogP contribution in [0.1, 0.15) is 29.5 Å². The molecule has 0 radical (unpaired) electrons. The van der Waals surface area contributed by atoms with E-state index in [1.54, 1.807) is 0 Å². The second kappa shape index (κ2) is 9.23. The molecule has 2 aliphatic rings. The predicted molar refractivity (Wildman–Crippen MR) is 132 cm³/mol. The standard InChI is InChI=1S/C25H24ClIN2/c1-17(28-12-11-21-16-29-25-10-9-23(27)15-24(21)25)20-7-5-18(6-8-20)13-19-3-2-4-22(26)14-19/h2-10,14,16,24,28-29H,1,11-13,15H2. The van der Waals surface area contributed by atoms with Gasteiger partial charge in [-0.3, -0.25) is 0 Å². The minimum absolute atomic E-state index is 0.521. The summed E-state index contributed by atoms with van der Waals surface area (Å²) in [5, 5.41) is 7.70. The van der Waals surface area contributed by atoms with Crippen LogP contribution in [0.4, 0.5) is 0 Å². The molecule has 0 saturated heterocycles. The molecule has 4 heteroatoms. The molecule has 1 aliphatic carbocycles. The van der Waals surface area contributed by atoms with Crippen LogP contribution in [0.5, 0.6) is 0 Å². The third kappa shape index (κ3) is 5.14. The van der Waals surface area contributed by atoms with E-state index in [0.29, 0.717) is 5.92 Å². The molecule has 2 aromatic rings. The molecule has 0 fully saturated rings. The Hall–Kier alpha value is -1.98. The van der Waals surface area contributed by atoms with Gasteiger partial charge in [-0.25, -0.2) is 0 Å². The monoisotopic (exact) mass is 514 g/mol. The zero-order chi connectivity index (χ0) is 20.2. The van der Waals surface area contributed by atoms with Crippen molar-refractivity contribution >= 4 is 39.9 Å². The third-order valence-electron chi connectivity index (χ3n) is 5.44. The number of hydrogen-bond donors (Lipinski definition) is 2. The van der Waals surface area contributed by atoms with Crippen molar-refractivity contribution in [3.8, 4) is 0 Å². The summed E-state index contributed by atoms with van der Waals surface area (Å²) in [5.41, 5.74) is 7.39. The lowest BCUT2D eigenvalue weighted by atomic mass is 9.90. The van der Waals surface area contributed by atoms with Gasteiger partial charge in [-0.05, 0) is 85.9 Å². The van der Waals surface area contributed by atoms with Crippen molar-refractivity contribution in [3.05, 3.63) is 110 Å². The van der Waals surface area contributed by atoms with Gasteiger partial charge in [0.15, 0.2) is 0 Å². The van der Waals surface area contributed by atoms with Gasteiger partial charge in [0, 0.05) is 35.1 Å². The molecule has 0 aromatic heterocycles. The maximum absolute atomic E-state index is 6.08. The van der Waals surface area contributed by atoms with Crippen molar-refractivity contribution in [3.63, 3.8) is 0 Å². The molecule has 1 heterocycles. The summed E-state index contributed by atoms with van der Waals surface area (Å²) >= 11 is 8.52. The Morgan fingerprint density at radius 1 is 1.14 bits per heavy atom. The van der Waals surface area contributed by atoms with Crippen LogP contribution in [0.2, 0.25) is 5.02 Å². The van der Waals surface area contributed by atoms with E-state index < -0.39 is 0 Å². The first kappa shape index (κ1) is 20.3. The topological polar surface area (TPSA) is 24.1 Å². The molecular formula is C25H24ClIN2. The second-order valence-electron chi connectivity index (χ2n) is 7.51. The first-order valence-corrected chi connectivity index (χ1v) is 11.3. The summed E-state index contributed by atoms with van der Waals surface area (Å²) in [6, 6.07) is 16.6. The van der Waals surface area contributed by atoms with E-state index in [-0.39, 0.29) is 0 Å². The highest BCUT2D eigenvalue weighted by atomic mass is 127. The zero-order valence-corrected chi connectivity index (χ0v) is 19.1. The fraction of sp³-hybridized carbons (Fsp3) is 0.200. The summed E-state index contributed by atoms with van der Waals surface area (Å²) in [5.74, 6) is 0.521. The minimum Gasteiger partial charge on any atom is -0.385 e. The van der Waals surface area contributed by atoms with E-state index in [1.165, 1.54) is 26.0 Å². The Morgan fingerprint density at radius 2 is 1.97 bits per heavy atom. The molecule has 148 valence electrons. The number of rotatable bonds is 7. The van der Waals surface area contributed by atoms with Crippen molar-refractivity contribution in [2.24, 2.45) is 5.92 Å². The molecule has 0 bridgehead atoms. The van der Waals surface area contributed by atoms with Gasteiger partial charge in [0.2, 0.25) is 0 Å². The highest BCUT2D eigenvalue weighted by Crippen LogP contribution is 2.37. The molecule has 1 aliphatic heterocycles. The maximum Gasteiger partial charge on any atom is 0.0408 e. The van der Waals surface area contributed by atoms with Gasteiger partial charge in [-0.1, -0.05) is 60.7 Å². The first-order chi connectivity index (χ1) is 14.1. The fourth-order valence-corrected chi connectivity index (χ4v) is 4.67. The van der Waals surface area contributed by atoms with Gasteiger partial charge in [-0.15, -0.1) is 0 Å². The largest absolute Gasteiger partial charge is 0.385 e. The second-order valence-corrected chi connectivity index (χ2v) is 9.34. The third-order valence-corrected chi connectivity index (χ3v) is 6.48. The number of nitrogens with one attached hydrogen (secondary N) is 2. The lowest BCUT2D eigenvalue weighted by Crippen LogP contribution is -2.16. The van der Waals surface area contributed by atoms with Gasteiger partial charge < -0.3 is 10.6 Å². The average Bonchev–Trinajstić information content (AvgIpc) is 3.10. The van der Waals surface area contributed by atoms with Crippen LogP contribution in [0, 0.1) is 5.92 Å². The summed E-state index contributed by atoms with van der Waals surface area (Å²) in [6.07, 6.45) is 9.59. The molecule has 2 N–H and O–H groups in total. The Labute approximate surface area is 191 Å². The highest BCUT2D eigenvalue weighted by molar-refractivity contribution is 14.1. The van der Waals surface area contributed by atoms with Crippen molar-refractivity contribution in [2.75, 3.05) is 6.54 Å². The molecule has 1 unspecified atom stereocenters. The van der Waals surface area contributed by atoms with Gasteiger partial charge >= 0.3 is 0 Å². The smallest absolute Gasteiger partial charge is 0.0408 e. The van der Waals surface area contributed by atoms with Crippen LogP contribution in [0.3, 0.4) is 0 Å². The summed E-state index contributed by atoms with van der Waals surface area (Å²) in [4.78, 5) is 0. The van der Waals surface area contributed by atoms with Crippen LogP contribution >= 0.6 is 34.2 Å². The predicted octanol–water partition coefficient (Wildman–Crippen LogP) is 6.59. The van der Waals surface area contributed by atoms with E-state index in [2.05, 4.69) is 88.5 Å². The quantitative estimate of drug-likeness (QED) is 0.407. The number of fused-ring (bicyclic) bond motifs is 1. The molecule has 0 amide bonds. The van der Waals surface area contributed by atoms with E-state index in [0.717, 1.165) is 42.1 Å². The molecule has 2 nitrogen and oxygen atoms in total. The van der Waals surface area contributed by atoms with Crippen LogP contribution in [0.25, 0.3) is 5.70 Å². The van der Waals surface area contributed by atoms with E-state index in [4.69, 9.17) is 11.6 Å². The number of allylic oxidation sites excluding steroid dienone is 4. The van der Waals surface area contributed by atoms with Crippen LogP contribution in [0.15, 0.2) is 88.3 Å². The summed E-state index contributed by atoms with van der Waals surface area (Å²) < 4.78 is 1.42. The molecule has 29 heavy (non-hydrogen) atoms. The molecule has 2 aromatic carbocycles. The van der Waals surface area contributed by atoms with E-state index >= 15 is 0 Å². The van der Waals surface area contributed by atoms with Crippen molar-refractivity contribution in [2.45, 2.75) is 19.3 Å². The average molecular weight is 515 g/mol. The van der Waals surface area contributed by atoms with Gasteiger partial charge in [-0.2, -0.15) is 0 Å². The van der Waals surface area contributed by atoms with Crippen molar-refractivity contribution in [1.29, 1.82) is 0 Å². The number of hydrogen-bond acceptors (Lipinski definition) is 2. The van der Waals surface area contributed by atoms with Gasteiger partial charge in [0.1, 0.15) is 0 Å². The molecule has 4 rings (SSSR count). The van der Waals surface area contributed by atoms with Crippen molar-refractivity contribution in [1.82, 2.24) is 10.6 Å². The van der Waals surface area contributed by atoms with Gasteiger partial charge in [0.25, 0.3) is 0 Å². The van der Waals surface area contributed by atoms with Crippen LogP contribution in [-0.2, 0) is 6.42 Å².